The van der Waals surface area contributed by atoms with E-state index in [1.54, 1.807) is 0 Å². The lowest BCUT2D eigenvalue weighted by atomic mass is 10.2. The maximum Gasteiger partial charge on any atom is 0.257 e. The molecule has 130 valence electrons. The molecule has 7 heteroatoms. The minimum Gasteiger partial charge on any atom is -1.00 e. The molecule has 0 fully saturated rings. The molecule has 3 aromatic heterocycles. The normalized spacial score (nSPS) is 10.1. The van der Waals surface area contributed by atoms with Crippen molar-refractivity contribution in [3.05, 3.63) is 53.5 Å². The Labute approximate surface area is 154 Å². The summed E-state index contributed by atoms with van der Waals surface area (Å²) in [6.07, 6.45) is 4.88. The van der Waals surface area contributed by atoms with Gasteiger partial charge in [0, 0.05) is 24.2 Å². The van der Waals surface area contributed by atoms with Gasteiger partial charge in [-0.3, -0.25) is 0 Å². The zero-order valence-corrected chi connectivity index (χ0v) is 15.6. The fourth-order valence-corrected chi connectivity index (χ4v) is 2.40. The number of ether oxygens (including phenoxy) is 1. The van der Waals surface area contributed by atoms with Crippen LogP contribution in [-0.2, 0) is 13.5 Å². The molecule has 0 unspecified atom stereocenters. The molecular formula is C17H22Cl2N4O. The zero-order valence-electron chi connectivity index (χ0n) is 14.0. The third-order valence-electron chi connectivity index (χ3n) is 3.98. The second-order valence-electron chi connectivity index (χ2n) is 5.59. The quantitative estimate of drug-likeness (QED) is 0.626. The Balaban J connectivity index is 0.00000144. The smallest absolute Gasteiger partial charge is 0.257 e. The average Bonchev–Trinajstić information content (AvgIpc) is 2.83. The Morgan fingerprint density at radius 2 is 1.83 bits per heavy atom. The number of aromatic nitrogens is 3. The molecule has 3 rings (SSSR count). The largest absolute Gasteiger partial charge is 1.00 e. The van der Waals surface area contributed by atoms with Gasteiger partial charge in [0.15, 0.2) is 12.4 Å². The predicted octanol–water partition coefficient (Wildman–Crippen LogP) is -0.595. The summed E-state index contributed by atoms with van der Waals surface area (Å²) >= 11 is 0. The summed E-state index contributed by atoms with van der Waals surface area (Å²) in [5.74, 6) is 0.509. The number of nitrogens with two attached hydrogens (primary N) is 1. The lowest BCUT2D eigenvalue weighted by Gasteiger charge is -2.03. The van der Waals surface area contributed by atoms with Crippen LogP contribution < -0.4 is 27.4 Å². The minimum atomic E-state index is 0. The molecule has 0 aliphatic carbocycles. The first kappa shape index (κ1) is 20.1. The standard InChI is InChI=1S/C17H21N4O.2ClH/c1-12-4-5-15-16(18)17(19-21(15)13(12)2)22-11-8-14-6-9-20(3)10-7-14;;/h4-7,9-10H,8,11,18H2,1-3H3;2*1H/q+1;;/p-1. The molecule has 0 aliphatic heterocycles. The number of nitrogen functional groups attached to an aromatic ring is 1. The van der Waals surface area contributed by atoms with Crippen LogP contribution in [-0.4, -0.2) is 16.2 Å². The van der Waals surface area contributed by atoms with Crippen molar-refractivity contribution in [1.29, 1.82) is 0 Å². The highest BCUT2D eigenvalue weighted by molar-refractivity contribution is 5.85. The predicted molar refractivity (Wildman–Crippen MR) is 93.1 cm³/mol. The fourth-order valence-electron chi connectivity index (χ4n) is 2.40. The number of fused-ring (bicyclic) bond motifs is 1. The highest BCUT2D eigenvalue weighted by atomic mass is 35.5. The summed E-state index contributed by atoms with van der Waals surface area (Å²) in [5.41, 5.74) is 11.1. The Morgan fingerprint density at radius 3 is 2.50 bits per heavy atom. The first-order valence-corrected chi connectivity index (χ1v) is 7.37. The molecule has 5 nitrogen and oxygen atoms in total. The Hall–Kier alpha value is -1.98. The number of aryl methyl sites for hydroxylation is 3. The van der Waals surface area contributed by atoms with Gasteiger partial charge in [-0.1, -0.05) is 6.07 Å². The second-order valence-corrected chi connectivity index (χ2v) is 5.59. The molecular weight excluding hydrogens is 347 g/mol. The van der Waals surface area contributed by atoms with E-state index < -0.39 is 0 Å². The van der Waals surface area contributed by atoms with Gasteiger partial charge < -0.3 is 22.9 Å². The van der Waals surface area contributed by atoms with E-state index in [9.17, 15) is 0 Å². The van der Waals surface area contributed by atoms with Crippen LogP contribution in [0.4, 0.5) is 5.69 Å². The maximum absolute atomic E-state index is 6.15. The molecule has 3 heterocycles. The van der Waals surface area contributed by atoms with Crippen molar-refractivity contribution in [2.24, 2.45) is 7.05 Å². The van der Waals surface area contributed by atoms with E-state index in [-0.39, 0.29) is 24.8 Å². The van der Waals surface area contributed by atoms with E-state index in [0.717, 1.165) is 17.6 Å². The molecule has 0 atom stereocenters. The van der Waals surface area contributed by atoms with Gasteiger partial charge in [0.1, 0.15) is 12.7 Å². The van der Waals surface area contributed by atoms with E-state index in [1.807, 2.05) is 41.5 Å². The van der Waals surface area contributed by atoms with Gasteiger partial charge in [0.2, 0.25) is 0 Å². The van der Waals surface area contributed by atoms with Crippen LogP contribution in [0.3, 0.4) is 0 Å². The number of anilines is 1. The average molecular weight is 369 g/mol. The van der Waals surface area contributed by atoms with Crippen LogP contribution in [0.25, 0.3) is 5.52 Å². The van der Waals surface area contributed by atoms with E-state index >= 15 is 0 Å². The van der Waals surface area contributed by atoms with Crippen LogP contribution in [0.2, 0.25) is 0 Å². The maximum atomic E-state index is 6.15. The lowest BCUT2D eigenvalue weighted by Crippen LogP contribution is -3.00. The second kappa shape index (κ2) is 8.22. The Morgan fingerprint density at radius 1 is 1.17 bits per heavy atom. The molecule has 2 N–H and O–H groups in total. The van der Waals surface area contributed by atoms with Gasteiger partial charge in [-0.05, 0) is 31.0 Å². The number of hydrogen-bond acceptors (Lipinski definition) is 3. The van der Waals surface area contributed by atoms with Crippen LogP contribution in [0.1, 0.15) is 16.8 Å². The van der Waals surface area contributed by atoms with Gasteiger partial charge in [-0.25, -0.2) is 9.08 Å². The molecule has 0 aromatic carbocycles. The minimum absolute atomic E-state index is 0. The SMILES string of the molecule is Cc1ccc2c(N)c(OCCc3cc[n+](C)cc3)nn2c1C.Cl.[Cl-]. The third-order valence-corrected chi connectivity index (χ3v) is 3.98. The number of hydrogen-bond donors (Lipinski definition) is 1. The summed E-state index contributed by atoms with van der Waals surface area (Å²) in [6, 6.07) is 8.21. The van der Waals surface area contributed by atoms with Crippen LogP contribution in [0.5, 0.6) is 5.88 Å². The lowest BCUT2D eigenvalue weighted by molar-refractivity contribution is -0.671. The summed E-state index contributed by atoms with van der Waals surface area (Å²) in [7, 11) is 2.00. The van der Waals surface area contributed by atoms with Crippen molar-refractivity contribution < 1.29 is 21.7 Å². The molecule has 24 heavy (non-hydrogen) atoms. The number of nitrogens with zero attached hydrogens (tertiary/aromatic N) is 3. The van der Waals surface area contributed by atoms with Crippen LogP contribution in [0.15, 0.2) is 36.7 Å². The van der Waals surface area contributed by atoms with Crippen molar-refractivity contribution in [3.8, 4) is 5.88 Å². The summed E-state index contributed by atoms with van der Waals surface area (Å²) < 4.78 is 9.65. The molecule has 0 saturated heterocycles. The van der Waals surface area contributed by atoms with E-state index in [2.05, 4.69) is 30.2 Å². The number of halogens is 2. The number of pyridine rings is 2. The summed E-state index contributed by atoms with van der Waals surface area (Å²) in [4.78, 5) is 0. The van der Waals surface area contributed by atoms with E-state index in [0.29, 0.717) is 18.2 Å². The molecule has 0 amide bonds. The molecule has 0 saturated carbocycles. The highest BCUT2D eigenvalue weighted by Gasteiger charge is 2.13. The van der Waals surface area contributed by atoms with Gasteiger partial charge in [-0.2, -0.15) is 0 Å². The van der Waals surface area contributed by atoms with Gasteiger partial charge in [0.25, 0.3) is 5.88 Å². The van der Waals surface area contributed by atoms with Gasteiger partial charge in [0.05, 0.1) is 12.1 Å². The third kappa shape index (κ3) is 3.91. The van der Waals surface area contributed by atoms with Crippen molar-refractivity contribution in [2.45, 2.75) is 20.3 Å². The monoisotopic (exact) mass is 368 g/mol. The first-order chi connectivity index (χ1) is 10.6. The Bertz CT molecular complexity index is 816. The van der Waals surface area contributed by atoms with Crippen molar-refractivity contribution in [1.82, 2.24) is 9.61 Å². The number of rotatable bonds is 4. The molecule has 3 aromatic rings. The molecule has 0 spiro atoms. The zero-order chi connectivity index (χ0) is 15.7. The first-order valence-electron chi connectivity index (χ1n) is 7.37. The Kier molecular flexibility index (Phi) is 6.87. The van der Waals surface area contributed by atoms with Crippen molar-refractivity contribution in [2.75, 3.05) is 12.3 Å². The summed E-state index contributed by atoms with van der Waals surface area (Å²) in [6.45, 7) is 4.64. The van der Waals surface area contributed by atoms with E-state index in [4.69, 9.17) is 10.5 Å². The van der Waals surface area contributed by atoms with Crippen LogP contribution >= 0.6 is 12.4 Å². The summed E-state index contributed by atoms with van der Waals surface area (Å²) in [5, 5.41) is 4.48. The molecule has 0 bridgehead atoms. The van der Waals surface area contributed by atoms with Gasteiger partial charge in [-0.15, -0.1) is 17.5 Å². The highest BCUT2D eigenvalue weighted by Crippen LogP contribution is 2.27. The van der Waals surface area contributed by atoms with Crippen LogP contribution in [0, 0.1) is 13.8 Å². The van der Waals surface area contributed by atoms with Crippen molar-refractivity contribution >= 4 is 23.6 Å². The van der Waals surface area contributed by atoms with Crippen molar-refractivity contribution in [3.63, 3.8) is 0 Å². The fraction of sp³-hybridized carbons (Fsp3) is 0.294. The molecule has 0 radical (unpaired) electrons. The topological polar surface area (TPSA) is 56.4 Å². The van der Waals surface area contributed by atoms with E-state index in [1.165, 1.54) is 11.1 Å². The van der Waals surface area contributed by atoms with Gasteiger partial charge >= 0.3 is 0 Å². The molecule has 0 aliphatic rings.